The zero-order valence-corrected chi connectivity index (χ0v) is 13.9. The van der Waals surface area contributed by atoms with Gasteiger partial charge < -0.3 is 5.32 Å². The van der Waals surface area contributed by atoms with E-state index < -0.39 is 5.91 Å². The van der Waals surface area contributed by atoms with E-state index in [1.165, 1.54) is 11.6 Å². The zero-order valence-electron chi connectivity index (χ0n) is 13.9. The van der Waals surface area contributed by atoms with Crippen LogP contribution in [-0.2, 0) is 17.6 Å². The summed E-state index contributed by atoms with van der Waals surface area (Å²) >= 11 is 0. The summed E-state index contributed by atoms with van der Waals surface area (Å²) in [7, 11) is 1.87. The molecule has 1 amide bonds. The Bertz CT molecular complexity index is 900. The number of aromatic nitrogens is 2. The van der Waals surface area contributed by atoms with Gasteiger partial charge in [-0.3, -0.25) is 14.4 Å². The molecule has 0 fully saturated rings. The minimum Gasteiger partial charge on any atom is -0.373 e. The number of nitrogens with zero attached hydrogens (tertiary/aromatic N) is 2. The van der Waals surface area contributed by atoms with Gasteiger partial charge in [0.05, 0.1) is 5.69 Å². The van der Waals surface area contributed by atoms with Gasteiger partial charge in [-0.1, -0.05) is 30.3 Å². The van der Waals surface area contributed by atoms with Gasteiger partial charge in [0.25, 0.3) is 5.91 Å². The highest BCUT2D eigenvalue weighted by molar-refractivity contribution is 5.90. The summed E-state index contributed by atoms with van der Waals surface area (Å²) in [6, 6.07) is 14.1. The van der Waals surface area contributed by atoms with E-state index in [1.807, 2.05) is 48.0 Å². The second-order valence-electron chi connectivity index (χ2n) is 5.64. The Morgan fingerprint density at radius 1 is 1.20 bits per heavy atom. The first-order valence-corrected chi connectivity index (χ1v) is 8.06. The molecule has 0 aliphatic heterocycles. The number of fused-ring (bicyclic) bond motifs is 1. The molecule has 3 rings (SSSR count). The third-order valence-electron chi connectivity index (χ3n) is 3.98. The Kier molecular flexibility index (Phi) is 5.11. The van der Waals surface area contributed by atoms with E-state index in [4.69, 9.17) is 10.2 Å². The van der Waals surface area contributed by atoms with E-state index in [0.717, 1.165) is 35.6 Å². The number of rotatable bonds is 6. The highest BCUT2D eigenvalue weighted by atomic mass is 16.5. The number of carbonyl (C=O) groups is 1. The largest absolute Gasteiger partial charge is 0.373 e. The second kappa shape index (κ2) is 7.63. The molecule has 0 radical (unpaired) electrons. The number of hydrogen-bond acceptors (Lipinski definition) is 4. The fourth-order valence-corrected chi connectivity index (χ4v) is 2.76. The molecule has 0 bridgehead atoms. The minimum atomic E-state index is -0.567. The number of amides is 1. The molecule has 128 valence electrons. The summed E-state index contributed by atoms with van der Waals surface area (Å²) in [6.07, 6.45) is 6.56. The number of carbonyl (C=O) groups excluding carboxylic acids is 1. The monoisotopic (exact) mass is 336 g/mol. The summed E-state index contributed by atoms with van der Waals surface area (Å²) in [4.78, 5) is 15.8. The number of imidazole rings is 1. The van der Waals surface area contributed by atoms with Crippen molar-refractivity contribution in [1.82, 2.24) is 14.9 Å². The van der Waals surface area contributed by atoms with Crippen molar-refractivity contribution in [2.24, 2.45) is 0 Å². The first-order chi connectivity index (χ1) is 12.2. The van der Waals surface area contributed by atoms with E-state index in [2.05, 4.69) is 17.4 Å². The molecule has 6 heteroatoms. The molecule has 3 aromatic rings. The van der Waals surface area contributed by atoms with Crippen molar-refractivity contribution in [3.8, 4) is 0 Å². The van der Waals surface area contributed by atoms with Crippen LogP contribution >= 0.6 is 0 Å². The van der Waals surface area contributed by atoms with Crippen LogP contribution in [0.5, 0.6) is 0 Å². The van der Waals surface area contributed by atoms with Gasteiger partial charge in [-0.25, -0.2) is 10.5 Å². The molecule has 25 heavy (non-hydrogen) atoms. The third-order valence-corrected chi connectivity index (χ3v) is 3.98. The molecule has 0 atom stereocenters. The van der Waals surface area contributed by atoms with Crippen LogP contribution in [0.2, 0.25) is 0 Å². The maximum atomic E-state index is 11.1. The molecule has 2 aromatic heterocycles. The Morgan fingerprint density at radius 2 is 2.00 bits per heavy atom. The molecule has 0 saturated carbocycles. The van der Waals surface area contributed by atoms with E-state index >= 15 is 0 Å². The molecule has 0 unspecified atom stereocenters. The molecule has 0 aliphatic carbocycles. The van der Waals surface area contributed by atoms with E-state index in [1.54, 1.807) is 11.6 Å². The molecule has 6 nitrogen and oxygen atoms in total. The molecular weight excluding hydrogens is 316 g/mol. The molecule has 2 heterocycles. The van der Waals surface area contributed by atoms with Crippen LogP contribution in [-0.4, -0.2) is 27.5 Å². The molecular formula is C19H20N4O2. The number of pyridine rings is 1. The van der Waals surface area contributed by atoms with Crippen LogP contribution < -0.4 is 10.8 Å². The zero-order chi connectivity index (χ0) is 17.6. The topological polar surface area (TPSA) is 78.7 Å². The van der Waals surface area contributed by atoms with Gasteiger partial charge in [-0.2, -0.15) is 0 Å². The average Bonchev–Trinajstić information content (AvgIpc) is 3.01. The van der Waals surface area contributed by atoms with Crippen molar-refractivity contribution in [3.05, 3.63) is 71.6 Å². The van der Waals surface area contributed by atoms with Gasteiger partial charge in [-0.05, 0) is 42.2 Å². The van der Waals surface area contributed by atoms with Gasteiger partial charge in [0.15, 0.2) is 0 Å². The Morgan fingerprint density at radius 3 is 2.72 bits per heavy atom. The average molecular weight is 336 g/mol. The van der Waals surface area contributed by atoms with Crippen LogP contribution in [0.3, 0.4) is 0 Å². The third kappa shape index (κ3) is 3.87. The lowest BCUT2D eigenvalue weighted by molar-refractivity contribution is -0.124. The van der Waals surface area contributed by atoms with Crippen molar-refractivity contribution < 1.29 is 10.0 Å². The fraction of sp³-hybridized carbons (Fsp3) is 0.158. The van der Waals surface area contributed by atoms with Gasteiger partial charge in [0, 0.05) is 19.3 Å². The van der Waals surface area contributed by atoms with E-state index in [0.29, 0.717) is 0 Å². The molecule has 0 aliphatic rings. The maximum Gasteiger partial charge on any atom is 0.267 e. The van der Waals surface area contributed by atoms with Crippen LogP contribution in [0.25, 0.3) is 11.7 Å². The predicted molar refractivity (Wildman–Crippen MR) is 97.6 cm³/mol. The summed E-state index contributed by atoms with van der Waals surface area (Å²) in [5.74, 6) is 0.371. The van der Waals surface area contributed by atoms with E-state index in [-0.39, 0.29) is 0 Å². The Balaban J connectivity index is 1.87. The minimum absolute atomic E-state index is 0.567. The molecule has 1 aromatic carbocycles. The van der Waals surface area contributed by atoms with Crippen molar-refractivity contribution in [3.63, 3.8) is 0 Å². The van der Waals surface area contributed by atoms with Gasteiger partial charge in [0.1, 0.15) is 11.5 Å². The van der Waals surface area contributed by atoms with Crippen molar-refractivity contribution >= 4 is 23.4 Å². The highest BCUT2D eigenvalue weighted by Crippen LogP contribution is 2.21. The number of hydroxylamine groups is 1. The number of hydrogen-bond donors (Lipinski definition) is 3. The van der Waals surface area contributed by atoms with Gasteiger partial charge >= 0.3 is 0 Å². The normalized spacial score (nSPS) is 11.1. The van der Waals surface area contributed by atoms with Gasteiger partial charge in [0.2, 0.25) is 0 Å². The number of nitrogens with one attached hydrogen (secondary N) is 2. The number of anilines is 1. The molecule has 3 N–H and O–H groups in total. The SMILES string of the molecule is CNc1c(CCc2ccccc2)nc2ccc(/C=C/C(=O)NO)cn12. The van der Waals surface area contributed by atoms with Crippen LogP contribution in [0.4, 0.5) is 5.82 Å². The first-order valence-electron chi connectivity index (χ1n) is 8.06. The summed E-state index contributed by atoms with van der Waals surface area (Å²) in [6.45, 7) is 0. The van der Waals surface area contributed by atoms with Crippen molar-refractivity contribution in [2.45, 2.75) is 12.8 Å². The van der Waals surface area contributed by atoms with Crippen LogP contribution in [0.1, 0.15) is 16.8 Å². The maximum absolute atomic E-state index is 11.1. The fourth-order valence-electron chi connectivity index (χ4n) is 2.76. The Labute approximate surface area is 145 Å². The second-order valence-corrected chi connectivity index (χ2v) is 5.64. The predicted octanol–water partition coefficient (Wildman–Crippen LogP) is 2.68. The lowest BCUT2D eigenvalue weighted by Crippen LogP contribution is -2.14. The summed E-state index contributed by atoms with van der Waals surface area (Å²) < 4.78 is 1.97. The number of benzene rings is 1. The number of aryl methyl sites for hydroxylation is 2. The quantitative estimate of drug-likeness (QED) is 0.367. The van der Waals surface area contributed by atoms with Crippen LogP contribution in [0.15, 0.2) is 54.7 Å². The highest BCUT2D eigenvalue weighted by Gasteiger charge is 2.11. The standard InChI is InChI=1S/C19H20N4O2/c1-20-19-16(10-7-14-5-3-2-4-6-14)21-17-11-8-15(13-23(17)19)9-12-18(24)22-25/h2-6,8-9,11-13,20,25H,7,10H2,1H3,(H,22,24)/b12-9+. The van der Waals surface area contributed by atoms with Crippen molar-refractivity contribution in [1.29, 1.82) is 0 Å². The molecule has 0 spiro atoms. The lowest BCUT2D eigenvalue weighted by atomic mass is 10.1. The summed E-state index contributed by atoms with van der Waals surface area (Å²) in [5.41, 5.74) is 5.53. The first kappa shape index (κ1) is 16.7. The lowest BCUT2D eigenvalue weighted by Gasteiger charge is -2.05. The summed E-state index contributed by atoms with van der Waals surface area (Å²) in [5, 5.41) is 11.8. The van der Waals surface area contributed by atoms with Crippen LogP contribution in [0, 0.1) is 0 Å². The smallest absolute Gasteiger partial charge is 0.267 e. The Hall–Kier alpha value is -3.12. The van der Waals surface area contributed by atoms with Gasteiger partial charge in [-0.15, -0.1) is 0 Å². The molecule has 0 saturated heterocycles. The van der Waals surface area contributed by atoms with E-state index in [9.17, 15) is 4.79 Å². The van der Waals surface area contributed by atoms with Crippen molar-refractivity contribution in [2.75, 3.05) is 12.4 Å².